The molecule has 1 N–H and O–H groups in total. The van der Waals surface area contributed by atoms with Crippen LogP contribution < -0.4 is 10.1 Å². The number of carbonyl (C=O) groups excluding carboxylic acids is 1. The SMILES string of the molecule is CCNC(C)c1ccc(OC(CC)C(=O)OCC)cc1. The first-order valence-corrected chi connectivity index (χ1v) is 7.28. The van der Waals surface area contributed by atoms with E-state index in [0.29, 0.717) is 24.8 Å². The summed E-state index contributed by atoms with van der Waals surface area (Å²) in [5.41, 5.74) is 1.20. The van der Waals surface area contributed by atoms with Crippen LogP contribution in [0.3, 0.4) is 0 Å². The summed E-state index contributed by atoms with van der Waals surface area (Å²) < 4.78 is 10.7. The molecule has 4 nitrogen and oxygen atoms in total. The van der Waals surface area contributed by atoms with Gasteiger partial charge in [0.05, 0.1) is 6.61 Å². The van der Waals surface area contributed by atoms with Crippen molar-refractivity contribution in [3.8, 4) is 5.75 Å². The van der Waals surface area contributed by atoms with Crippen molar-refractivity contribution in [2.24, 2.45) is 0 Å². The fraction of sp³-hybridized carbons (Fsp3) is 0.562. The molecule has 2 atom stereocenters. The lowest BCUT2D eigenvalue weighted by molar-refractivity contribution is -0.151. The molecular formula is C16H25NO3. The lowest BCUT2D eigenvalue weighted by Crippen LogP contribution is -2.28. The maximum atomic E-state index is 11.7. The minimum absolute atomic E-state index is 0.305. The molecule has 1 aromatic rings. The van der Waals surface area contributed by atoms with Crippen LogP contribution in [0, 0.1) is 0 Å². The molecule has 0 saturated heterocycles. The largest absolute Gasteiger partial charge is 0.479 e. The number of carbonyl (C=O) groups is 1. The van der Waals surface area contributed by atoms with E-state index in [1.165, 1.54) is 5.56 Å². The zero-order valence-corrected chi connectivity index (χ0v) is 12.8. The maximum absolute atomic E-state index is 11.7. The van der Waals surface area contributed by atoms with Gasteiger partial charge >= 0.3 is 5.97 Å². The third-order valence-electron chi connectivity index (χ3n) is 3.09. The molecule has 0 aliphatic carbocycles. The smallest absolute Gasteiger partial charge is 0.347 e. The Hall–Kier alpha value is -1.55. The summed E-state index contributed by atoms with van der Waals surface area (Å²) in [6, 6.07) is 8.12. The average molecular weight is 279 g/mol. The van der Waals surface area contributed by atoms with Crippen molar-refractivity contribution in [1.82, 2.24) is 5.32 Å². The normalized spacial score (nSPS) is 13.6. The number of ether oxygens (including phenoxy) is 2. The van der Waals surface area contributed by atoms with E-state index in [-0.39, 0.29) is 5.97 Å². The molecule has 0 saturated carbocycles. The van der Waals surface area contributed by atoms with Gasteiger partial charge in [0.25, 0.3) is 0 Å². The summed E-state index contributed by atoms with van der Waals surface area (Å²) in [6.07, 6.45) is 0.0565. The van der Waals surface area contributed by atoms with Crippen LogP contribution in [0.1, 0.15) is 45.7 Å². The van der Waals surface area contributed by atoms with Crippen molar-refractivity contribution >= 4 is 5.97 Å². The zero-order chi connectivity index (χ0) is 15.0. The third-order valence-corrected chi connectivity index (χ3v) is 3.09. The first kappa shape index (κ1) is 16.5. The Morgan fingerprint density at radius 1 is 1.20 bits per heavy atom. The molecule has 4 heteroatoms. The minimum Gasteiger partial charge on any atom is -0.479 e. The molecule has 0 heterocycles. The fourth-order valence-electron chi connectivity index (χ4n) is 1.96. The van der Waals surface area contributed by atoms with Gasteiger partial charge in [-0.2, -0.15) is 0 Å². The van der Waals surface area contributed by atoms with Gasteiger partial charge in [-0.3, -0.25) is 0 Å². The number of esters is 1. The van der Waals surface area contributed by atoms with Crippen molar-refractivity contribution in [2.75, 3.05) is 13.2 Å². The van der Waals surface area contributed by atoms with Crippen molar-refractivity contribution < 1.29 is 14.3 Å². The lowest BCUT2D eigenvalue weighted by Gasteiger charge is -2.17. The van der Waals surface area contributed by atoms with Gasteiger partial charge in [-0.05, 0) is 44.5 Å². The monoisotopic (exact) mass is 279 g/mol. The predicted octanol–water partition coefficient (Wildman–Crippen LogP) is 3.08. The Morgan fingerprint density at radius 2 is 1.85 bits per heavy atom. The molecule has 0 radical (unpaired) electrons. The Bertz CT molecular complexity index is 403. The van der Waals surface area contributed by atoms with Gasteiger partial charge in [0.15, 0.2) is 6.10 Å². The Kier molecular flexibility index (Phi) is 7.09. The average Bonchev–Trinajstić information content (AvgIpc) is 2.45. The molecule has 0 fully saturated rings. The van der Waals surface area contributed by atoms with E-state index >= 15 is 0 Å². The van der Waals surface area contributed by atoms with E-state index in [1.54, 1.807) is 6.92 Å². The molecule has 112 valence electrons. The zero-order valence-electron chi connectivity index (χ0n) is 12.8. The van der Waals surface area contributed by atoms with Gasteiger partial charge in [0.1, 0.15) is 5.75 Å². The highest BCUT2D eigenvalue weighted by Gasteiger charge is 2.19. The number of hydrogen-bond acceptors (Lipinski definition) is 4. The summed E-state index contributed by atoms with van der Waals surface area (Å²) in [5.74, 6) is 0.387. The molecule has 0 bridgehead atoms. The predicted molar refractivity (Wildman–Crippen MR) is 79.9 cm³/mol. The second-order valence-electron chi connectivity index (χ2n) is 4.62. The second-order valence-corrected chi connectivity index (χ2v) is 4.62. The van der Waals surface area contributed by atoms with Crippen LogP contribution in [0.5, 0.6) is 5.75 Å². The van der Waals surface area contributed by atoms with Gasteiger partial charge in [-0.1, -0.05) is 26.0 Å². The van der Waals surface area contributed by atoms with Crippen LogP contribution in [-0.2, 0) is 9.53 Å². The fourth-order valence-corrected chi connectivity index (χ4v) is 1.96. The van der Waals surface area contributed by atoms with Crippen LogP contribution in [-0.4, -0.2) is 25.2 Å². The summed E-state index contributed by atoms with van der Waals surface area (Å²) in [4.78, 5) is 11.7. The Balaban J connectivity index is 2.66. The number of hydrogen-bond donors (Lipinski definition) is 1. The quantitative estimate of drug-likeness (QED) is 0.743. The highest BCUT2D eigenvalue weighted by Crippen LogP contribution is 2.19. The highest BCUT2D eigenvalue weighted by atomic mass is 16.6. The number of nitrogens with one attached hydrogen (secondary N) is 1. The van der Waals surface area contributed by atoms with E-state index in [1.807, 2.05) is 31.2 Å². The van der Waals surface area contributed by atoms with E-state index < -0.39 is 6.10 Å². The van der Waals surface area contributed by atoms with Gasteiger partial charge in [-0.25, -0.2) is 4.79 Å². The molecule has 2 unspecified atom stereocenters. The van der Waals surface area contributed by atoms with Crippen molar-refractivity contribution in [1.29, 1.82) is 0 Å². The molecule has 0 amide bonds. The molecule has 0 aliphatic rings. The van der Waals surface area contributed by atoms with E-state index in [2.05, 4.69) is 19.2 Å². The van der Waals surface area contributed by atoms with Crippen molar-refractivity contribution in [3.63, 3.8) is 0 Å². The first-order valence-electron chi connectivity index (χ1n) is 7.28. The summed E-state index contributed by atoms with van der Waals surface area (Å²) in [5, 5.41) is 3.35. The third kappa shape index (κ3) is 4.85. The first-order chi connectivity index (χ1) is 9.62. The number of rotatable bonds is 8. The highest BCUT2D eigenvalue weighted by molar-refractivity contribution is 5.75. The van der Waals surface area contributed by atoms with Crippen LogP contribution in [0.4, 0.5) is 0 Å². The maximum Gasteiger partial charge on any atom is 0.347 e. The standard InChI is InChI=1S/C16H25NO3/c1-5-15(16(18)19-7-3)20-14-10-8-13(9-11-14)12(4)17-6-2/h8-12,15,17H,5-7H2,1-4H3. The van der Waals surface area contributed by atoms with Crippen molar-refractivity contribution in [3.05, 3.63) is 29.8 Å². The summed E-state index contributed by atoms with van der Waals surface area (Å²) >= 11 is 0. The van der Waals surface area contributed by atoms with Crippen LogP contribution in [0.25, 0.3) is 0 Å². The van der Waals surface area contributed by atoms with Crippen LogP contribution >= 0.6 is 0 Å². The molecule has 0 aromatic heterocycles. The molecule has 0 spiro atoms. The molecule has 1 rings (SSSR count). The minimum atomic E-state index is -0.535. The second kappa shape index (κ2) is 8.59. The van der Waals surface area contributed by atoms with E-state index in [9.17, 15) is 4.79 Å². The Labute approximate surface area is 121 Å². The molecule has 0 aliphatic heterocycles. The molecular weight excluding hydrogens is 254 g/mol. The van der Waals surface area contributed by atoms with Gasteiger partial charge in [-0.15, -0.1) is 0 Å². The van der Waals surface area contributed by atoms with Gasteiger partial charge in [0.2, 0.25) is 0 Å². The van der Waals surface area contributed by atoms with Crippen LogP contribution in [0.15, 0.2) is 24.3 Å². The number of benzene rings is 1. The van der Waals surface area contributed by atoms with E-state index in [4.69, 9.17) is 9.47 Å². The topological polar surface area (TPSA) is 47.6 Å². The summed E-state index contributed by atoms with van der Waals surface area (Å²) in [6.45, 7) is 9.20. The van der Waals surface area contributed by atoms with Crippen LogP contribution in [0.2, 0.25) is 0 Å². The molecule has 1 aromatic carbocycles. The summed E-state index contributed by atoms with van der Waals surface area (Å²) in [7, 11) is 0. The van der Waals surface area contributed by atoms with Gasteiger partial charge in [0, 0.05) is 6.04 Å². The van der Waals surface area contributed by atoms with Gasteiger partial charge < -0.3 is 14.8 Å². The van der Waals surface area contributed by atoms with Crippen molar-refractivity contribution in [2.45, 2.75) is 46.3 Å². The Morgan fingerprint density at radius 3 is 2.35 bits per heavy atom. The lowest BCUT2D eigenvalue weighted by atomic mass is 10.1. The van der Waals surface area contributed by atoms with E-state index in [0.717, 1.165) is 6.54 Å². The molecule has 20 heavy (non-hydrogen) atoms.